The molecule has 0 spiro atoms. The van der Waals surface area contributed by atoms with Crippen molar-refractivity contribution in [3.63, 3.8) is 0 Å². The van der Waals surface area contributed by atoms with Gasteiger partial charge in [0.2, 0.25) is 11.3 Å². The first-order valence-electron chi connectivity index (χ1n) is 6.83. The van der Waals surface area contributed by atoms with Gasteiger partial charge in [0.05, 0.1) is 12.7 Å². The zero-order chi connectivity index (χ0) is 15.9. The van der Waals surface area contributed by atoms with Crippen LogP contribution >= 0.6 is 0 Å². The monoisotopic (exact) mass is 293 g/mol. The first-order chi connectivity index (χ1) is 10.6. The number of benzene rings is 2. The lowest BCUT2D eigenvalue weighted by Crippen LogP contribution is -2.54. The SMILES string of the molecule is C=C=CC1(C(=O)OC)C(=O)c2c(ccc3ccccc23)N1C. The summed E-state index contributed by atoms with van der Waals surface area (Å²) in [6.45, 7) is 3.51. The predicted octanol–water partition coefficient (Wildman–Crippen LogP) is 2.73. The number of ether oxygens (including phenoxy) is 1. The quantitative estimate of drug-likeness (QED) is 0.485. The van der Waals surface area contributed by atoms with Crippen LogP contribution in [0.2, 0.25) is 0 Å². The Morgan fingerprint density at radius 1 is 1.32 bits per heavy atom. The van der Waals surface area contributed by atoms with Crippen LogP contribution < -0.4 is 4.90 Å². The molecule has 0 N–H and O–H groups in total. The second kappa shape index (κ2) is 4.86. The second-order valence-electron chi connectivity index (χ2n) is 5.18. The number of anilines is 1. The highest BCUT2D eigenvalue weighted by Crippen LogP contribution is 2.42. The van der Waals surface area contributed by atoms with Crippen molar-refractivity contribution in [3.8, 4) is 0 Å². The van der Waals surface area contributed by atoms with Crippen LogP contribution in [0.3, 0.4) is 0 Å². The Bertz CT molecular complexity index is 849. The van der Waals surface area contributed by atoms with E-state index >= 15 is 0 Å². The molecule has 1 unspecified atom stereocenters. The molecular weight excluding hydrogens is 278 g/mol. The van der Waals surface area contributed by atoms with Gasteiger partial charge < -0.3 is 9.64 Å². The van der Waals surface area contributed by atoms with Crippen LogP contribution in [0, 0.1) is 0 Å². The highest BCUT2D eigenvalue weighted by molar-refractivity contribution is 6.30. The Morgan fingerprint density at radius 2 is 2.05 bits per heavy atom. The summed E-state index contributed by atoms with van der Waals surface area (Å²) in [6.07, 6.45) is 1.37. The van der Waals surface area contributed by atoms with Crippen LogP contribution in [-0.2, 0) is 9.53 Å². The van der Waals surface area contributed by atoms with Crippen LogP contribution in [0.4, 0.5) is 5.69 Å². The lowest BCUT2D eigenvalue weighted by atomic mass is 9.90. The molecule has 0 saturated heterocycles. The van der Waals surface area contributed by atoms with Crippen LogP contribution in [0.1, 0.15) is 10.4 Å². The molecule has 4 heteroatoms. The minimum absolute atomic E-state index is 0.315. The van der Waals surface area contributed by atoms with E-state index < -0.39 is 11.5 Å². The molecule has 0 aromatic heterocycles. The minimum atomic E-state index is -1.54. The largest absolute Gasteiger partial charge is 0.467 e. The summed E-state index contributed by atoms with van der Waals surface area (Å²) < 4.78 is 4.87. The number of rotatable bonds is 2. The van der Waals surface area contributed by atoms with Gasteiger partial charge in [-0.25, -0.2) is 4.79 Å². The molecule has 1 aliphatic rings. The Balaban J connectivity index is 2.36. The van der Waals surface area contributed by atoms with Crippen molar-refractivity contribution in [1.29, 1.82) is 0 Å². The number of methoxy groups -OCH3 is 1. The summed E-state index contributed by atoms with van der Waals surface area (Å²) in [5.74, 6) is -0.957. The number of likely N-dealkylation sites (N-methyl/N-ethyl adjacent to an activating group) is 1. The molecule has 110 valence electrons. The Labute approximate surface area is 128 Å². The first kappa shape index (κ1) is 14.1. The topological polar surface area (TPSA) is 46.6 Å². The number of hydrogen-bond donors (Lipinski definition) is 0. The van der Waals surface area contributed by atoms with E-state index in [1.807, 2.05) is 36.4 Å². The second-order valence-corrected chi connectivity index (χ2v) is 5.18. The van der Waals surface area contributed by atoms with Crippen LogP contribution in [0.5, 0.6) is 0 Å². The van der Waals surface area contributed by atoms with Crippen molar-refractivity contribution in [2.75, 3.05) is 19.1 Å². The van der Waals surface area contributed by atoms with Crippen LogP contribution in [-0.4, -0.2) is 31.4 Å². The van der Waals surface area contributed by atoms with Gasteiger partial charge in [-0.05, 0) is 16.8 Å². The fourth-order valence-corrected chi connectivity index (χ4v) is 3.07. The molecular formula is C18H15NO3. The van der Waals surface area contributed by atoms with E-state index in [0.717, 1.165) is 10.8 Å². The lowest BCUT2D eigenvalue weighted by molar-refractivity contribution is -0.143. The summed E-state index contributed by atoms with van der Waals surface area (Å²) in [5, 5.41) is 1.77. The zero-order valence-electron chi connectivity index (χ0n) is 12.4. The van der Waals surface area contributed by atoms with Crippen molar-refractivity contribution in [2.45, 2.75) is 5.54 Å². The van der Waals surface area contributed by atoms with Crippen LogP contribution in [0.25, 0.3) is 10.8 Å². The maximum atomic E-state index is 13.1. The van der Waals surface area contributed by atoms with Gasteiger partial charge in [0.25, 0.3) is 0 Å². The average molecular weight is 293 g/mol. The summed E-state index contributed by atoms with van der Waals surface area (Å²) in [4.78, 5) is 27.1. The van der Waals surface area contributed by atoms with Gasteiger partial charge >= 0.3 is 5.97 Å². The molecule has 0 saturated carbocycles. The van der Waals surface area contributed by atoms with Crippen molar-refractivity contribution in [3.05, 3.63) is 60.3 Å². The number of esters is 1. The summed E-state index contributed by atoms with van der Waals surface area (Å²) in [6, 6.07) is 11.4. The highest BCUT2D eigenvalue weighted by atomic mass is 16.5. The van der Waals surface area contributed by atoms with Crippen molar-refractivity contribution < 1.29 is 14.3 Å². The number of Topliss-reactive ketones (excluding diaryl/α,β-unsaturated/α-hetero) is 1. The van der Waals surface area contributed by atoms with Gasteiger partial charge in [-0.3, -0.25) is 4.79 Å². The van der Waals surface area contributed by atoms with Gasteiger partial charge in [-0.15, -0.1) is 5.73 Å². The molecule has 0 amide bonds. The molecule has 0 radical (unpaired) electrons. The lowest BCUT2D eigenvalue weighted by Gasteiger charge is -2.29. The van der Waals surface area contributed by atoms with Crippen molar-refractivity contribution in [2.24, 2.45) is 0 Å². The van der Waals surface area contributed by atoms with E-state index in [9.17, 15) is 9.59 Å². The predicted molar refractivity (Wildman–Crippen MR) is 85.1 cm³/mol. The fourth-order valence-electron chi connectivity index (χ4n) is 3.07. The van der Waals surface area contributed by atoms with Gasteiger partial charge in [0, 0.05) is 18.8 Å². The van der Waals surface area contributed by atoms with Crippen LogP contribution in [0.15, 0.2) is 54.8 Å². The highest BCUT2D eigenvalue weighted by Gasteiger charge is 2.55. The third-order valence-corrected chi connectivity index (χ3v) is 4.18. The van der Waals surface area contributed by atoms with E-state index in [-0.39, 0.29) is 5.78 Å². The molecule has 1 heterocycles. The Morgan fingerprint density at radius 3 is 2.73 bits per heavy atom. The molecule has 2 aromatic carbocycles. The summed E-state index contributed by atoms with van der Waals surface area (Å²) in [7, 11) is 2.96. The summed E-state index contributed by atoms with van der Waals surface area (Å²) >= 11 is 0. The first-order valence-corrected chi connectivity index (χ1v) is 6.83. The number of hydrogen-bond acceptors (Lipinski definition) is 4. The molecule has 3 rings (SSSR count). The van der Waals surface area contributed by atoms with Gasteiger partial charge in [0.1, 0.15) is 0 Å². The van der Waals surface area contributed by atoms with E-state index in [0.29, 0.717) is 11.3 Å². The van der Waals surface area contributed by atoms with Crippen molar-refractivity contribution >= 4 is 28.2 Å². The fraction of sp³-hybridized carbons (Fsp3) is 0.167. The number of carbonyl (C=O) groups excluding carboxylic acids is 2. The third-order valence-electron chi connectivity index (χ3n) is 4.18. The Hall–Kier alpha value is -2.84. The standard InChI is InChI=1S/C18H15NO3/c1-4-11-18(17(21)22-3)16(20)15-13-8-6-5-7-12(13)9-10-14(15)19(18)2/h5-11H,1H2,2-3H3. The minimum Gasteiger partial charge on any atom is -0.467 e. The average Bonchev–Trinajstić information content (AvgIpc) is 2.77. The number of ketones is 1. The third kappa shape index (κ3) is 1.59. The zero-order valence-corrected chi connectivity index (χ0v) is 12.4. The van der Waals surface area contributed by atoms with E-state index in [4.69, 9.17) is 4.74 Å². The molecule has 22 heavy (non-hydrogen) atoms. The van der Waals surface area contributed by atoms with Gasteiger partial charge in [0.15, 0.2) is 0 Å². The van der Waals surface area contributed by atoms with Crippen molar-refractivity contribution in [1.82, 2.24) is 0 Å². The normalized spacial score (nSPS) is 19.7. The molecule has 0 fully saturated rings. The number of fused-ring (bicyclic) bond motifs is 3. The van der Waals surface area contributed by atoms with Gasteiger partial charge in [-0.1, -0.05) is 36.9 Å². The maximum absolute atomic E-state index is 13.1. The maximum Gasteiger partial charge on any atom is 0.344 e. The molecule has 2 aromatic rings. The smallest absolute Gasteiger partial charge is 0.344 e. The van der Waals surface area contributed by atoms with E-state index in [2.05, 4.69) is 12.3 Å². The Kier molecular flexibility index (Phi) is 3.12. The molecule has 1 atom stereocenters. The number of nitrogens with zero attached hydrogens (tertiary/aromatic N) is 1. The van der Waals surface area contributed by atoms with E-state index in [1.54, 1.807) is 11.9 Å². The van der Waals surface area contributed by atoms with Gasteiger partial charge in [-0.2, -0.15) is 0 Å². The molecule has 1 aliphatic heterocycles. The number of carbonyl (C=O) groups is 2. The molecule has 0 bridgehead atoms. The molecule has 4 nitrogen and oxygen atoms in total. The summed E-state index contributed by atoms with van der Waals surface area (Å²) in [5.41, 5.74) is 2.25. The van der Waals surface area contributed by atoms with E-state index in [1.165, 1.54) is 13.2 Å². The molecule has 0 aliphatic carbocycles.